The van der Waals surface area contributed by atoms with Crippen molar-refractivity contribution in [3.63, 3.8) is 0 Å². The molecule has 140 valence electrons. The molecule has 0 saturated heterocycles. The van der Waals surface area contributed by atoms with Crippen LogP contribution in [0.4, 0.5) is 0 Å². The van der Waals surface area contributed by atoms with Crippen LogP contribution in [-0.2, 0) is 19.1 Å². The van der Waals surface area contributed by atoms with Crippen LogP contribution in [0.3, 0.4) is 0 Å². The highest BCUT2D eigenvalue weighted by Gasteiger charge is 2.43. The Morgan fingerprint density at radius 1 is 0.833 bits per heavy atom. The van der Waals surface area contributed by atoms with Crippen LogP contribution in [0.15, 0.2) is 0 Å². The van der Waals surface area contributed by atoms with Crippen molar-refractivity contribution in [3.05, 3.63) is 0 Å². The summed E-state index contributed by atoms with van der Waals surface area (Å²) in [7, 11) is 0. The molecule has 0 amide bonds. The third-order valence-corrected chi connectivity index (χ3v) is 4.93. The molecular formula is C20H36O4. The van der Waals surface area contributed by atoms with E-state index in [1.165, 1.54) is 19.3 Å². The van der Waals surface area contributed by atoms with Crippen LogP contribution in [-0.4, -0.2) is 25.2 Å². The van der Waals surface area contributed by atoms with Gasteiger partial charge in [0.2, 0.25) is 0 Å². The van der Waals surface area contributed by atoms with Crippen LogP contribution in [0.25, 0.3) is 0 Å². The average molecular weight is 341 g/mol. The van der Waals surface area contributed by atoms with Gasteiger partial charge in [-0.2, -0.15) is 0 Å². The molecule has 0 aliphatic heterocycles. The maximum atomic E-state index is 12.6. The summed E-state index contributed by atoms with van der Waals surface area (Å²) in [6, 6.07) is 0. The van der Waals surface area contributed by atoms with Gasteiger partial charge in [0.05, 0.1) is 25.0 Å². The fourth-order valence-electron chi connectivity index (χ4n) is 3.67. The Kier molecular flexibility index (Phi) is 10.8. The van der Waals surface area contributed by atoms with E-state index in [2.05, 4.69) is 6.92 Å². The molecule has 0 radical (unpaired) electrons. The molecule has 3 atom stereocenters. The molecule has 1 aliphatic rings. The standard InChI is InChI=1S/C20H36O4/c1-4-7-8-9-11-16-12-10-13-17(19(21)23-14-5-2)18(16)20(22)24-15-6-3/h16-18H,4-15H2,1-3H3. The van der Waals surface area contributed by atoms with Crippen LogP contribution in [0.1, 0.15) is 85.0 Å². The third kappa shape index (κ3) is 6.82. The van der Waals surface area contributed by atoms with E-state index in [-0.39, 0.29) is 29.7 Å². The molecule has 4 heteroatoms. The van der Waals surface area contributed by atoms with Crippen molar-refractivity contribution in [1.82, 2.24) is 0 Å². The van der Waals surface area contributed by atoms with Crippen molar-refractivity contribution < 1.29 is 19.1 Å². The molecule has 0 aromatic carbocycles. The lowest BCUT2D eigenvalue weighted by Gasteiger charge is -2.35. The van der Waals surface area contributed by atoms with Crippen molar-refractivity contribution in [2.24, 2.45) is 17.8 Å². The molecule has 1 fully saturated rings. The summed E-state index contributed by atoms with van der Waals surface area (Å²) in [4.78, 5) is 25.1. The predicted molar refractivity (Wildman–Crippen MR) is 95.6 cm³/mol. The van der Waals surface area contributed by atoms with Crippen LogP contribution in [0, 0.1) is 17.8 Å². The molecule has 0 N–H and O–H groups in total. The van der Waals surface area contributed by atoms with Gasteiger partial charge in [-0.1, -0.05) is 52.9 Å². The van der Waals surface area contributed by atoms with Gasteiger partial charge >= 0.3 is 11.9 Å². The van der Waals surface area contributed by atoms with Gasteiger partial charge in [0.25, 0.3) is 0 Å². The number of hydrogen-bond acceptors (Lipinski definition) is 4. The van der Waals surface area contributed by atoms with Gasteiger partial charge in [-0.15, -0.1) is 0 Å². The van der Waals surface area contributed by atoms with Gasteiger partial charge in [0.15, 0.2) is 0 Å². The van der Waals surface area contributed by atoms with E-state index in [1.807, 2.05) is 13.8 Å². The molecule has 0 aromatic heterocycles. The Hall–Kier alpha value is -1.06. The summed E-state index contributed by atoms with van der Waals surface area (Å²) in [5, 5.41) is 0. The maximum Gasteiger partial charge on any atom is 0.310 e. The van der Waals surface area contributed by atoms with Crippen molar-refractivity contribution in [3.8, 4) is 0 Å². The van der Waals surface area contributed by atoms with Gasteiger partial charge in [0, 0.05) is 0 Å². The average Bonchev–Trinajstić information content (AvgIpc) is 2.60. The lowest BCUT2D eigenvalue weighted by atomic mass is 9.70. The quantitative estimate of drug-likeness (QED) is 0.397. The molecule has 0 aromatic rings. The minimum Gasteiger partial charge on any atom is -0.465 e. The number of rotatable bonds is 11. The number of hydrogen-bond donors (Lipinski definition) is 0. The first-order valence-electron chi connectivity index (χ1n) is 9.98. The van der Waals surface area contributed by atoms with E-state index in [9.17, 15) is 9.59 Å². The van der Waals surface area contributed by atoms with E-state index in [1.54, 1.807) is 0 Å². The summed E-state index contributed by atoms with van der Waals surface area (Å²) >= 11 is 0. The Morgan fingerprint density at radius 3 is 2.12 bits per heavy atom. The van der Waals surface area contributed by atoms with Gasteiger partial charge in [-0.3, -0.25) is 9.59 Å². The van der Waals surface area contributed by atoms with E-state index in [0.29, 0.717) is 13.2 Å². The van der Waals surface area contributed by atoms with Crippen molar-refractivity contribution in [1.29, 1.82) is 0 Å². The zero-order chi connectivity index (χ0) is 17.8. The summed E-state index contributed by atoms with van der Waals surface area (Å²) < 4.78 is 10.8. The van der Waals surface area contributed by atoms with Gasteiger partial charge in [-0.05, 0) is 38.0 Å². The molecule has 24 heavy (non-hydrogen) atoms. The molecule has 1 saturated carbocycles. The molecule has 0 heterocycles. The van der Waals surface area contributed by atoms with Gasteiger partial charge in [0.1, 0.15) is 0 Å². The molecule has 0 spiro atoms. The normalized spacial score (nSPS) is 23.7. The Labute approximate surface area is 147 Å². The van der Waals surface area contributed by atoms with Crippen molar-refractivity contribution >= 4 is 11.9 Å². The molecule has 4 nitrogen and oxygen atoms in total. The summed E-state index contributed by atoms with van der Waals surface area (Å²) in [5.74, 6) is -0.745. The van der Waals surface area contributed by atoms with E-state index >= 15 is 0 Å². The second-order valence-corrected chi connectivity index (χ2v) is 7.01. The van der Waals surface area contributed by atoms with Gasteiger partial charge in [-0.25, -0.2) is 0 Å². The van der Waals surface area contributed by atoms with E-state index in [0.717, 1.165) is 44.9 Å². The zero-order valence-electron chi connectivity index (χ0n) is 15.9. The molecule has 1 rings (SSSR count). The minimum atomic E-state index is -0.314. The molecule has 1 aliphatic carbocycles. The van der Waals surface area contributed by atoms with Crippen LogP contribution < -0.4 is 0 Å². The number of unbranched alkanes of at least 4 members (excludes halogenated alkanes) is 3. The SMILES string of the molecule is CCCCCCC1CCCC(C(=O)OCCC)C1C(=O)OCCC. The summed E-state index contributed by atoms with van der Waals surface area (Å²) in [5.41, 5.74) is 0. The maximum absolute atomic E-state index is 12.6. The zero-order valence-corrected chi connectivity index (χ0v) is 15.9. The fourth-order valence-corrected chi connectivity index (χ4v) is 3.67. The fraction of sp³-hybridized carbons (Fsp3) is 0.900. The molecular weight excluding hydrogens is 304 g/mol. The first-order valence-corrected chi connectivity index (χ1v) is 9.98. The van der Waals surface area contributed by atoms with Crippen LogP contribution in [0.2, 0.25) is 0 Å². The number of ether oxygens (including phenoxy) is 2. The second kappa shape index (κ2) is 12.3. The second-order valence-electron chi connectivity index (χ2n) is 7.01. The Bertz CT molecular complexity index is 367. The van der Waals surface area contributed by atoms with Crippen molar-refractivity contribution in [2.45, 2.75) is 85.0 Å². The Morgan fingerprint density at radius 2 is 1.50 bits per heavy atom. The third-order valence-electron chi connectivity index (χ3n) is 4.93. The lowest BCUT2D eigenvalue weighted by molar-refractivity contribution is -0.166. The first kappa shape index (κ1) is 21.0. The topological polar surface area (TPSA) is 52.6 Å². The Balaban J connectivity index is 2.74. The highest BCUT2D eigenvalue weighted by atomic mass is 16.5. The molecule has 0 bridgehead atoms. The highest BCUT2D eigenvalue weighted by molar-refractivity contribution is 5.82. The van der Waals surface area contributed by atoms with E-state index < -0.39 is 0 Å². The predicted octanol–water partition coefficient (Wildman–Crippen LogP) is 4.90. The lowest BCUT2D eigenvalue weighted by Crippen LogP contribution is -2.40. The van der Waals surface area contributed by atoms with Crippen LogP contribution >= 0.6 is 0 Å². The molecule has 3 unspecified atom stereocenters. The van der Waals surface area contributed by atoms with E-state index in [4.69, 9.17) is 9.47 Å². The summed E-state index contributed by atoms with van der Waals surface area (Å²) in [6.07, 6.45) is 10.2. The largest absolute Gasteiger partial charge is 0.465 e. The highest BCUT2D eigenvalue weighted by Crippen LogP contribution is 2.39. The smallest absolute Gasteiger partial charge is 0.310 e. The summed E-state index contributed by atoms with van der Waals surface area (Å²) in [6.45, 7) is 7.05. The van der Waals surface area contributed by atoms with Gasteiger partial charge < -0.3 is 9.47 Å². The van der Waals surface area contributed by atoms with Crippen LogP contribution in [0.5, 0.6) is 0 Å². The number of esters is 2. The number of carbonyl (C=O) groups excluding carboxylic acids is 2. The number of carbonyl (C=O) groups is 2. The first-order chi connectivity index (χ1) is 11.7. The monoisotopic (exact) mass is 340 g/mol. The van der Waals surface area contributed by atoms with Crippen molar-refractivity contribution in [2.75, 3.05) is 13.2 Å². The minimum absolute atomic E-state index is 0.185.